The molecule has 1 aromatic rings. The summed E-state index contributed by atoms with van der Waals surface area (Å²) in [7, 11) is 1.96. The quantitative estimate of drug-likeness (QED) is 0.574. The average Bonchev–Trinajstić information content (AvgIpc) is 2.90. The second-order valence-corrected chi connectivity index (χ2v) is 6.68. The second kappa shape index (κ2) is 8.43. The lowest BCUT2D eigenvalue weighted by Crippen LogP contribution is -2.56. The van der Waals surface area contributed by atoms with E-state index in [4.69, 9.17) is 4.74 Å². The van der Waals surface area contributed by atoms with Crippen LogP contribution < -0.4 is 10.6 Å². The lowest BCUT2D eigenvalue weighted by Gasteiger charge is -2.41. The van der Waals surface area contributed by atoms with Crippen LogP contribution in [0.4, 0.5) is 0 Å². The van der Waals surface area contributed by atoms with Crippen LogP contribution >= 0.6 is 0 Å². The molecule has 1 aliphatic rings. The minimum absolute atomic E-state index is 0.0430. The summed E-state index contributed by atoms with van der Waals surface area (Å²) >= 11 is 0. The van der Waals surface area contributed by atoms with Gasteiger partial charge in [0.25, 0.3) is 0 Å². The Bertz CT molecular complexity index is 547. The summed E-state index contributed by atoms with van der Waals surface area (Å²) < 4.78 is 7.41. The Morgan fingerprint density at radius 1 is 1.25 bits per heavy atom. The zero-order valence-corrected chi connectivity index (χ0v) is 15.6. The molecule has 0 spiro atoms. The van der Waals surface area contributed by atoms with Crippen LogP contribution in [0.5, 0.6) is 0 Å². The highest BCUT2D eigenvalue weighted by Crippen LogP contribution is 2.15. The van der Waals surface area contributed by atoms with E-state index in [1.807, 2.05) is 18.5 Å². The Hall–Kier alpha value is -1.67. The summed E-state index contributed by atoms with van der Waals surface area (Å²) in [6.45, 7) is 14.2. The van der Waals surface area contributed by atoms with Gasteiger partial charge >= 0.3 is 0 Å². The summed E-state index contributed by atoms with van der Waals surface area (Å²) in [5, 5.41) is 15.0. The maximum absolute atomic E-state index is 5.45. The number of guanidine groups is 1. The van der Waals surface area contributed by atoms with E-state index in [-0.39, 0.29) is 5.54 Å². The Kier molecular flexibility index (Phi) is 6.56. The van der Waals surface area contributed by atoms with Crippen molar-refractivity contribution >= 4 is 5.96 Å². The molecule has 0 unspecified atom stereocenters. The van der Waals surface area contributed by atoms with Gasteiger partial charge in [0.05, 0.1) is 13.2 Å². The van der Waals surface area contributed by atoms with Crippen molar-refractivity contribution in [2.45, 2.75) is 39.8 Å². The van der Waals surface area contributed by atoms with Crippen LogP contribution in [0.15, 0.2) is 4.99 Å². The first-order valence-electron chi connectivity index (χ1n) is 8.64. The van der Waals surface area contributed by atoms with Gasteiger partial charge in [-0.2, -0.15) is 0 Å². The van der Waals surface area contributed by atoms with Crippen LogP contribution in [0.1, 0.15) is 32.4 Å². The number of aryl methyl sites for hydroxylation is 1. The fraction of sp³-hybridized carbons (Fsp3) is 0.812. The molecule has 8 heteroatoms. The van der Waals surface area contributed by atoms with Gasteiger partial charge in [-0.25, -0.2) is 4.99 Å². The van der Waals surface area contributed by atoms with E-state index in [1.54, 1.807) is 0 Å². The van der Waals surface area contributed by atoms with E-state index in [0.717, 1.165) is 57.0 Å². The Balaban J connectivity index is 1.94. The second-order valence-electron chi connectivity index (χ2n) is 6.68. The maximum atomic E-state index is 5.45. The van der Waals surface area contributed by atoms with Crippen molar-refractivity contribution in [3.05, 3.63) is 11.6 Å². The molecule has 2 heterocycles. The number of hydrogen-bond donors (Lipinski definition) is 2. The van der Waals surface area contributed by atoms with E-state index in [0.29, 0.717) is 6.54 Å². The van der Waals surface area contributed by atoms with E-state index in [9.17, 15) is 0 Å². The number of nitrogens with zero attached hydrogens (tertiary/aromatic N) is 5. The number of aromatic nitrogens is 3. The van der Waals surface area contributed by atoms with Crippen molar-refractivity contribution in [3.63, 3.8) is 0 Å². The van der Waals surface area contributed by atoms with Crippen molar-refractivity contribution in [1.82, 2.24) is 30.3 Å². The molecule has 0 aromatic carbocycles. The van der Waals surface area contributed by atoms with Crippen molar-refractivity contribution < 1.29 is 4.74 Å². The van der Waals surface area contributed by atoms with Gasteiger partial charge in [-0.1, -0.05) is 0 Å². The van der Waals surface area contributed by atoms with E-state index in [2.05, 4.69) is 51.5 Å². The molecule has 0 atom stereocenters. The first kappa shape index (κ1) is 18.7. The Morgan fingerprint density at radius 3 is 2.54 bits per heavy atom. The molecule has 1 aliphatic heterocycles. The highest BCUT2D eigenvalue weighted by Gasteiger charge is 2.28. The predicted molar refractivity (Wildman–Crippen MR) is 95.0 cm³/mol. The number of ether oxygens (including phenoxy) is 1. The molecule has 2 rings (SSSR count). The van der Waals surface area contributed by atoms with Crippen LogP contribution in [0, 0.1) is 6.92 Å². The maximum Gasteiger partial charge on any atom is 0.191 e. The highest BCUT2D eigenvalue weighted by atomic mass is 16.5. The van der Waals surface area contributed by atoms with Crippen molar-refractivity contribution in [2.24, 2.45) is 12.0 Å². The number of hydrogen-bond acceptors (Lipinski definition) is 5. The number of rotatable bonds is 6. The van der Waals surface area contributed by atoms with E-state index >= 15 is 0 Å². The highest BCUT2D eigenvalue weighted by molar-refractivity contribution is 5.79. The Morgan fingerprint density at radius 2 is 1.96 bits per heavy atom. The Labute approximate surface area is 144 Å². The molecule has 2 N–H and O–H groups in total. The summed E-state index contributed by atoms with van der Waals surface area (Å²) in [5.74, 6) is 2.56. The minimum atomic E-state index is 0.0430. The predicted octanol–water partition coefficient (Wildman–Crippen LogP) is 0.289. The fourth-order valence-electron chi connectivity index (χ4n) is 2.66. The van der Waals surface area contributed by atoms with Crippen LogP contribution in [-0.2, 0) is 18.3 Å². The molecule has 1 saturated heterocycles. The largest absolute Gasteiger partial charge is 0.379 e. The molecule has 0 bridgehead atoms. The molecule has 1 fully saturated rings. The number of nitrogens with one attached hydrogen (secondary N) is 2. The van der Waals surface area contributed by atoms with Crippen LogP contribution in [0.2, 0.25) is 0 Å². The molecule has 8 nitrogen and oxygen atoms in total. The van der Waals surface area contributed by atoms with Crippen LogP contribution in [0.3, 0.4) is 0 Å². The summed E-state index contributed by atoms with van der Waals surface area (Å²) in [6.07, 6.45) is 0. The zero-order chi connectivity index (χ0) is 17.6. The van der Waals surface area contributed by atoms with Gasteiger partial charge in [0, 0.05) is 38.8 Å². The first-order chi connectivity index (χ1) is 11.4. The van der Waals surface area contributed by atoms with Crippen molar-refractivity contribution in [1.29, 1.82) is 0 Å². The van der Waals surface area contributed by atoms with Gasteiger partial charge in [0.1, 0.15) is 12.4 Å². The van der Waals surface area contributed by atoms with E-state index in [1.165, 1.54) is 0 Å². The third-order valence-corrected chi connectivity index (χ3v) is 4.46. The first-order valence-corrected chi connectivity index (χ1v) is 8.64. The van der Waals surface area contributed by atoms with Gasteiger partial charge in [-0.15, -0.1) is 10.2 Å². The third-order valence-electron chi connectivity index (χ3n) is 4.46. The normalized spacial score (nSPS) is 17.1. The topological polar surface area (TPSA) is 79.6 Å². The average molecular weight is 337 g/mol. The molecule has 0 radical (unpaired) electrons. The lowest BCUT2D eigenvalue weighted by molar-refractivity contribution is -0.00834. The molecule has 0 amide bonds. The van der Waals surface area contributed by atoms with Crippen molar-refractivity contribution in [2.75, 3.05) is 39.4 Å². The smallest absolute Gasteiger partial charge is 0.191 e. The van der Waals surface area contributed by atoms with Crippen LogP contribution in [-0.4, -0.2) is 70.6 Å². The molecular weight excluding hydrogens is 306 g/mol. The lowest BCUT2D eigenvalue weighted by atomic mass is 10.0. The molecular formula is C16H31N7O. The summed E-state index contributed by atoms with van der Waals surface area (Å²) in [4.78, 5) is 7.09. The molecule has 0 saturated carbocycles. The minimum Gasteiger partial charge on any atom is -0.379 e. The molecule has 24 heavy (non-hydrogen) atoms. The van der Waals surface area contributed by atoms with Crippen molar-refractivity contribution in [3.8, 4) is 0 Å². The van der Waals surface area contributed by atoms with Gasteiger partial charge in [0.15, 0.2) is 11.8 Å². The molecule has 0 aliphatic carbocycles. The van der Waals surface area contributed by atoms with Gasteiger partial charge < -0.3 is 19.9 Å². The zero-order valence-electron chi connectivity index (χ0n) is 15.6. The molecule has 136 valence electrons. The number of aliphatic imine (C=N–C) groups is 1. The van der Waals surface area contributed by atoms with Crippen LogP contribution in [0.25, 0.3) is 0 Å². The standard InChI is InChI=1S/C16H31N7O/c1-6-17-15(18-11-14-21-20-13(2)22(14)5)19-12-16(3,4)23-7-9-24-10-8-23/h6-12H2,1-5H3,(H2,17,18,19). The molecule has 1 aromatic heterocycles. The van der Waals surface area contributed by atoms with Gasteiger partial charge in [0.2, 0.25) is 0 Å². The third kappa shape index (κ3) is 4.91. The monoisotopic (exact) mass is 337 g/mol. The fourth-order valence-corrected chi connectivity index (χ4v) is 2.66. The van der Waals surface area contributed by atoms with Gasteiger partial charge in [-0.3, -0.25) is 4.90 Å². The summed E-state index contributed by atoms with van der Waals surface area (Å²) in [6, 6.07) is 0. The summed E-state index contributed by atoms with van der Waals surface area (Å²) in [5.41, 5.74) is 0.0430. The number of morpholine rings is 1. The van der Waals surface area contributed by atoms with E-state index < -0.39 is 0 Å². The van der Waals surface area contributed by atoms with Gasteiger partial charge in [-0.05, 0) is 27.7 Å². The SMILES string of the molecule is CCNC(=NCc1nnc(C)n1C)NCC(C)(C)N1CCOCC1.